The molecule has 1 atom stereocenters. The van der Waals surface area contributed by atoms with E-state index in [2.05, 4.69) is 10.3 Å². The summed E-state index contributed by atoms with van der Waals surface area (Å²) in [4.78, 5) is 30.3. The summed E-state index contributed by atoms with van der Waals surface area (Å²) in [6.45, 7) is 1.76. The second-order valence-electron chi connectivity index (χ2n) is 7.24. The van der Waals surface area contributed by atoms with E-state index in [-0.39, 0.29) is 23.6 Å². The molecule has 0 aliphatic carbocycles. The van der Waals surface area contributed by atoms with Crippen LogP contribution >= 0.6 is 23.2 Å². The third kappa shape index (κ3) is 5.39. The van der Waals surface area contributed by atoms with Gasteiger partial charge in [-0.2, -0.15) is 0 Å². The standard InChI is InChI=1S/C21H21Cl2N3O5/c22-14-1-3-15(4-2-14)26-12-17(31-21(26)28)11-24-19(27)13-9-18(23)20(25-10-13)30-16-5-7-29-8-6-16/h1-4,9-10,16-17H,5-8,11-12H2,(H,24,27). The minimum absolute atomic E-state index is 0.000866. The van der Waals surface area contributed by atoms with Crippen LogP contribution in [0.1, 0.15) is 23.2 Å². The second kappa shape index (κ2) is 9.72. The van der Waals surface area contributed by atoms with Crippen LogP contribution in [-0.2, 0) is 9.47 Å². The van der Waals surface area contributed by atoms with E-state index in [9.17, 15) is 9.59 Å². The van der Waals surface area contributed by atoms with Gasteiger partial charge in [-0.15, -0.1) is 0 Å². The number of nitrogens with zero attached hydrogens (tertiary/aromatic N) is 2. The second-order valence-corrected chi connectivity index (χ2v) is 8.09. The number of anilines is 1. The number of hydrogen-bond acceptors (Lipinski definition) is 6. The molecule has 4 rings (SSSR count). The molecule has 31 heavy (non-hydrogen) atoms. The zero-order chi connectivity index (χ0) is 21.8. The number of aromatic nitrogens is 1. The summed E-state index contributed by atoms with van der Waals surface area (Å²) < 4.78 is 16.5. The maximum Gasteiger partial charge on any atom is 0.414 e. The van der Waals surface area contributed by atoms with Gasteiger partial charge in [0.2, 0.25) is 5.88 Å². The van der Waals surface area contributed by atoms with Gasteiger partial charge in [0.25, 0.3) is 5.91 Å². The van der Waals surface area contributed by atoms with Crippen LogP contribution < -0.4 is 15.0 Å². The molecule has 8 nitrogen and oxygen atoms in total. The van der Waals surface area contributed by atoms with E-state index in [1.54, 1.807) is 24.3 Å². The van der Waals surface area contributed by atoms with E-state index in [0.717, 1.165) is 12.8 Å². The molecule has 2 aliphatic rings. The van der Waals surface area contributed by atoms with E-state index >= 15 is 0 Å². The van der Waals surface area contributed by atoms with Crippen LogP contribution in [0.4, 0.5) is 10.5 Å². The number of pyridine rings is 1. The van der Waals surface area contributed by atoms with E-state index in [0.29, 0.717) is 41.9 Å². The summed E-state index contributed by atoms with van der Waals surface area (Å²) in [5.74, 6) is -0.0681. The number of benzene rings is 1. The van der Waals surface area contributed by atoms with Crippen molar-refractivity contribution in [3.8, 4) is 5.88 Å². The molecule has 1 unspecified atom stereocenters. The predicted octanol–water partition coefficient (Wildman–Crippen LogP) is 3.70. The van der Waals surface area contributed by atoms with Gasteiger partial charge in [0, 0.05) is 29.7 Å². The first-order chi connectivity index (χ1) is 15.0. The van der Waals surface area contributed by atoms with Crippen molar-refractivity contribution in [2.45, 2.75) is 25.0 Å². The summed E-state index contributed by atoms with van der Waals surface area (Å²) in [5, 5.41) is 3.60. The fraction of sp³-hybridized carbons (Fsp3) is 0.381. The van der Waals surface area contributed by atoms with Crippen molar-refractivity contribution < 1.29 is 23.8 Å². The molecule has 1 aromatic heterocycles. The molecule has 0 spiro atoms. The Labute approximate surface area is 189 Å². The number of halogens is 2. The number of carbonyl (C=O) groups is 2. The summed E-state index contributed by atoms with van der Waals surface area (Å²) >= 11 is 12.1. The molecule has 2 amide bonds. The molecule has 0 saturated carbocycles. The van der Waals surface area contributed by atoms with Crippen LogP contribution in [0.15, 0.2) is 36.5 Å². The van der Waals surface area contributed by atoms with Crippen LogP contribution in [0.25, 0.3) is 0 Å². The van der Waals surface area contributed by atoms with Crippen LogP contribution in [-0.4, -0.2) is 55.5 Å². The summed E-state index contributed by atoms with van der Waals surface area (Å²) in [5.41, 5.74) is 0.975. The van der Waals surface area contributed by atoms with E-state index in [1.807, 2.05) is 0 Å². The Kier molecular flexibility index (Phi) is 6.80. The quantitative estimate of drug-likeness (QED) is 0.699. The number of rotatable bonds is 6. The smallest absolute Gasteiger partial charge is 0.414 e. The van der Waals surface area contributed by atoms with Crippen molar-refractivity contribution in [1.29, 1.82) is 0 Å². The van der Waals surface area contributed by atoms with Gasteiger partial charge in [0.15, 0.2) is 0 Å². The molecule has 2 aliphatic heterocycles. The molecule has 164 valence electrons. The molecular weight excluding hydrogens is 445 g/mol. The molecule has 1 N–H and O–H groups in total. The molecule has 2 fully saturated rings. The van der Waals surface area contributed by atoms with Crippen LogP contribution in [0.2, 0.25) is 10.0 Å². The van der Waals surface area contributed by atoms with Crippen LogP contribution in [0, 0.1) is 0 Å². The Morgan fingerprint density at radius 1 is 1.23 bits per heavy atom. The highest BCUT2D eigenvalue weighted by atomic mass is 35.5. The molecule has 2 saturated heterocycles. The predicted molar refractivity (Wildman–Crippen MR) is 115 cm³/mol. The first-order valence-corrected chi connectivity index (χ1v) is 10.7. The minimum atomic E-state index is -0.480. The summed E-state index contributed by atoms with van der Waals surface area (Å²) in [6, 6.07) is 8.39. The van der Waals surface area contributed by atoms with Gasteiger partial charge in [0.1, 0.15) is 17.2 Å². The monoisotopic (exact) mass is 465 g/mol. The fourth-order valence-corrected chi connectivity index (χ4v) is 3.69. The topological polar surface area (TPSA) is 90.0 Å². The Morgan fingerprint density at radius 3 is 2.68 bits per heavy atom. The first kappa shape index (κ1) is 21.7. The normalized spacial score (nSPS) is 19.2. The molecular formula is C21H21Cl2N3O5. The number of ether oxygens (including phenoxy) is 3. The van der Waals surface area contributed by atoms with E-state index < -0.39 is 12.2 Å². The fourth-order valence-electron chi connectivity index (χ4n) is 3.36. The van der Waals surface area contributed by atoms with Crippen molar-refractivity contribution >= 4 is 40.9 Å². The van der Waals surface area contributed by atoms with Crippen LogP contribution in [0.5, 0.6) is 5.88 Å². The highest BCUT2D eigenvalue weighted by Crippen LogP contribution is 2.26. The number of cyclic esters (lactones) is 1. The average molecular weight is 466 g/mol. The molecule has 1 aromatic carbocycles. The lowest BCUT2D eigenvalue weighted by atomic mass is 10.1. The van der Waals surface area contributed by atoms with Gasteiger partial charge < -0.3 is 19.5 Å². The lowest BCUT2D eigenvalue weighted by Crippen LogP contribution is -2.34. The Morgan fingerprint density at radius 2 is 1.97 bits per heavy atom. The number of amides is 2. The van der Waals surface area contributed by atoms with Crippen molar-refractivity contribution in [3.05, 3.63) is 52.1 Å². The Balaban J connectivity index is 1.31. The first-order valence-electron chi connectivity index (χ1n) is 9.91. The summed E-state index contributed by atoms with van der Waals surface area (Å²) in [7, 11) is 0. The molecule has 0 radical (unpaired) electrons. The number of hydrogen-bond donors (Lipinski definition) is 1. The van der Waals surface area contributed by atoms with Crippen molar-refractivity contribution in [2.75, 3.05) is 31.2 Å². The minimum Gasteiger partial charge on any atom is -0.473 e. The maximum atomic E-state index is 12.5. The number of nitrogens with one attached hydrogen (secondary N) is 1. The van der Waals surface area contributed by atoms with Gasteiger partial charge >= 0.3 is 6.09 Å². The largest absolute Gasteiger partial charge is 0.473 e. The van der Waals surface area contributed by atoms with Gasteiger partial charge in [-0.3, -0.25) is 9.69 Å². The van der Waals surface area contributed by atoms with Crippen molar-refractivity contribution in [2.24, 2.45) is 0 Å². The van der Waals surface area contributed by atoms with E-state index in [4.69, 9.17) is 37.4 Å². The Hall–Kier alpha value is -2.55. The molecule has 3 heterocycles. The zero-order valence-corrected chi connectivity index (χ0v) is 18.1. The van der Waals surface area contributed by atoms with Gasteiger partial charge in [-0.05, 0) is 30.3 Å². The van der Waals surface area contributed by atoms with Crippen molar-refractivity contribution in [1.82, 2.24) is 10.3 Å². The van der Waals surface area contributed by atoms with Crippen molar-refractivity contribution in [3.63, 3.8) is 0 Å². The molecule has 10 heteroatoms. The van der Waals surface area contributed by atoms with Gasteiger partial charge in [-0.1, -0.05) is 23.2 Å². The third-order valence-electron chi connectivity index (χ3n) is 5.02. The molecule has 0 bridgehead atoms. The van der Waals surface area contributed by atoms with Crippen LogP contribution in [0.3, 0.4) is 0 Å². The third-order valence-corrected chi connectivity index (χ3v) is 5.54. The van der Waals surface area contributed by atoms with Gasteiger partial charge in [0.05, 0.1) is 31.9 Å². The van der Waals surface area contributed by atoms with E-state index in [1.165, 1.54) is 17.2 Å². The lowest BCUT2D eigenvalue weighted by Gasteiger charge is -2.23. The van der Waals surface area contributed by atoms with Gasteiger partial charge in [-0.25, -0.2) is 9.78 Å². The Bertz CT molecular complexity index is 951. The maximum absolute atomic E-state index is 12.5. The molecule has 2 aromatic rings. The zero-order valence-electron chi connectivity index (χ0n) is 16.6. The lowest BCUT2D eigenvalue weighted by molar-refractivity contribution is 0.0238. The number of carbonyl (C=O) groups excluding carboxylic acids is 2. The highest BCUT2D eigenvalue weighted by Gasteiger charge is 2.32. The average Bonchev–Trinajstić information content (AvgIpc) is 3.15. The SMILES string of the molecule is O=C(NCC1CN(c2ccc(Cl)cc2)C(=O)O1)c1cnc(OC2CCOCC2)c(Cl)c1. The summed E-state index contributed by atoms with van der Waals surface area (Å²) in [6.07, 6.45) is 2.00. The highest BCUT2D eigenvalue weighted by molar-refractivity contribution is 6.32.